The monoisotopic (exact) mass is 452 g/mol. The molecule has 2 fully saturated rings. The van der Waals surface area contributed by atoms with Gasteiger partial charge in [-0.05, 0) is 69.0 Å². The van der Waals surface area contributed by atoms with Gasteiger partial charge in [-0.25, -0.2) is 4.79 Å². The average Bonchev–Trinajstić information content (AvgIpc) is 3.59. The minimum Gasteiger partial charge on any atom is -0.494 e. The van der Waals surface area contributed by atoms with E-state index in [2.05, 4.69) is 16.0 Å². The van der Waals surface area contributed by atoms with Crippen molar-refractivity contribution >= 4 is 17.6 Å². The lowest BCUT2D eigenvalue weighted by Gasteiger charge is -2.35. The van der Waals surface area contributed by atoms with Gasteiger partial charge < -0.3 is 24.4 Å². The molecule has 0 atom stereocenters. The molecule has 4 rings (SSSR count). The Balaban J connectivity index is 1.46. The number of ether oxygens (including phenoxy) is 1. The molecule has 7 nitrogen and oxygen atoms in total. The first-order chi connectivity index (χ1) is 16.0. The first-order valence-corrected chi connectivity index (χ1v) is 12.3. The summed E-state index contributed by atoms with van der Waals surface area (Å²) in [6.07, 6.45) is 9.37. The van der Waals surface area contributed by atoms with E-state index in [1.807, 2.05) is 55.4 Å². The molecule has 33 heavy (non-hydrogen) atoms. The van der Waals surface area contributed by atoms with Crippen molar-refractivity contribution in [2.24, 2.45) is 7.05 Å². The van der Waals surface area contributed by atoms with Crippen LogP contribution in [-0.2, 0) is 18.4 Å². The summed E-state index contributed by atoms with van der Waals surface area (Å²) in [5.74, 6) is 0.807. The highest BCUT2D eigenvalue weighted by Gasteiger charge is 2.36. The summed E-state index contributed by atoms with van der Waals surface area (Å²) < 4.78 is 7.55. The first kappa shape index (κ1) is 23.2. The highest BCUT2D eigenvalue weighted by atomic mass is 16.5. The van der Waals surface area contributed by atoms with Crippen molar-refractivity contribution in [2.45, 2.75) is 70.5 Å². The number of aryl methyl sites for hydroxylation is 1. The zero-order chi connectivity index (χ0) is 23.2. The van der Waals surface area contributed by atoms with Gasteiger partial charge in [0.25, 0.3) is 0 Å². The molecule has 1 N–H and O–H groups in total. The Labute approximate surface area is 196 Å². The molecule has 0 aliphatic heterocycles. The molecule has 2 aliphatic carbocycles. The van der Waals surface area contributed by atoms with E-state index in [0.717, 1.165) is 50.0 Å². The number of nitrogens with zero attached hydrogens (tertiary/aromatic N) is 3. The standard InChI is InChI=1S/C26H36N4O3/c1-3-33-24-15-11-20(12-16-24)27-26(32)30(21-8-5-4-6-9-21)19-25(31)29(22-13-14-22)18-23-10-7-17-28(23)2/h7,10-12,15-17,21-22H,3-6,8-9,13-14,18-19H2,1-2H3,(H,27,32). The van der Waals surface area contributed by atoms with Crippen molar-refractivity contribution in [1.29, 1.82) is 0 Å². The Kier molecular flexibility index (Phi) is 7.57. The average molecular weight is 453 g/mol. The normalized spacial score (nSPS) is 16.3. The summed E-state index contributed by atoms with van der Waals surface area (Å²) in [6, 6.07) is 11.6. The number of carbonyl (C=O) groups excluding carboxylic acids is 2. The van der Waals surface area contributed by atoms with Gasteiger partial charge in [0.15, 0.2) is 0 Å². The number of benzene rings is 1. The van der Waals surface area contributed by atoms with E-state index in [1.165, 1.54) is 6.42 Å². The smallest absolute Gasteiger partial charge is 0.322 e. The fraction of sp³-hybridized carbons (Fsp3) is 0.538. The highest BCUT2D eigenvalue weighted by molar-refractivity contribution is 5.92. The number of nitrogens with one attached hydrogen (secondary N) is 1. The molecule has 7 heteroatoms. The second-order valence-electron chi connectivity index (χ2n) is 9.17. The highest BCUT2D eigenvalue weighted by Crippen LogP contribution is 2.30. The summed E-state index contributed by atoms with van der Waals surface area (Å²) in [6.45, 7) is 3.25. The van der Waals surface area contributed by atoms with Gasteiger partial charge >= 0.3 is 6.03 Å². The zero-order valence-electron chi connectivity index (χ0n) is 19.8. The van der Waals surface area contributed by atoms with Gasteiger partial charge in [-0.3, -0.25) is 4.79 Å². The summed E-state index contributed by atoms with van der Waals surface area (Å²) in [4.78, 5) is 30.6. The van der Waals surface area contributed by atoms with Gasteiger partial charge in [0.05, 0.1) is 13.2 Å². The fourth-order valence-electron chi connectivity index (χ4n) is 4.63. The van der Waals surface area contributed by atoms with Gasteiger partial charge in [0, 0.05) is 36.7 Å². The van der Waals surface area contributed by atoms with E-state index in [-0.39, 0.29) is 30.6 Å². The Morgan fingerprint density at radius 1 is 1.00 bits per heavy atom. The fourth-order valence-corrected chi connectivity index (χ4v) is 4.63. The van der Waals surface area contributed by atoms with Crippen LogP contribution in [0, 0.1) is 0 Å². The summed E-state index contributed by atoms with van der Waals surface area (Å²) in [5, 5.41) is 3.01. The Hall–Kier alpha value is -2.96. The molecule has 1 aromatic heterocycles. The third kappa shape index (κ3) is 6.09. The molecule has 2 aromatic rings. The SMILES string of the molecule is CCOc1ccc(NC(=O)N(CC(=O)N(Cc2cccn2C)C2CC2)C2CCCCC2)cc1. The Morgan fingerprint density at radius 2 is 1.70 bits per heavy atom. The van der Waals surface area contributed by atoms with Gasteiger partial charge in [-0.2, -0.15) is 0 Å². The molecule has 0 spiro atoms. The predicted octanol–water partition coefficient (Wildman–Crippen LogP) is 4.78. The van der Waals surface area contributed by atoms with Crippen molar-refractivity contribution in [1.82, 2.24) is 14.4 Å². The Bertz CT molecular complexity index is 929. The van der Waals surface area contributed by atoms with E-state index in [1.54, 1.807) is 4.90 Å². The van der Waals surface area contributed by atoms with Gasteiger partial charge in [0.1, 0.15) is 12.3 Å². The summed E-state index contributed by atoms with van der Waals surface area (Å²) in [7, 11) is 2.00. The largest absolute Gasteiger partial charge is 0.494 e. The molecular formula is C26H36N4O3. The Morgan fingerprint density at radius 3 is 2.30 bits per heavy atom. The van der Waals surface area contributed by atoms with Crippen LogP contribution >= 0.6 is 0 Å². The maximum absolute atomic E-state index is 13.5. The molecule has 0 unspecified atom stereocenters. The molecular weight excluding hydrogens is 416 g/mol. The van der Waals surface area contributed by atoms with Crippen LogP contribution < -0.4 is 10.1 Å². The van der Waals surface area contributed by atoms with Gasteiger partial charge in [-0.1, -0.05) is 19.3 Å². The van der Waals surface area contributed by atoms with Crippen molar-refractivity contribution in [2.75, 3.05) is 18.5 Å². The molecule has 0 saturated heterocycles. The summed E-state index contributed by atoms with van der Waals surface area (Å²) in [5.41, 5.74) is 1.82. The number of hydrogen-bond donors (Lipinski definition) is 1. The third-order valence-electron chi connectivity index (χ3n) is 6.69. The van der Waals surface area contributed by atoms with E-state index in [0.29, 0.717) is 18.8 Å². The number of urea groups is 1. The number of carbonyl (C=O) groups is 2. The van der Waals surface area contributed by atoms with E-state index in [9.17, 15) is 9.59 Å². The number of rotatable bonds is 9. The van der Waals surface area contributed by atoms with Crippen LogP contribution in [0.15, 0.2) is 42.6 Å². The lowest BCUT2D eigenvalue weighted by molar-refractivity contribution is -0.133. The number of aromatic nitrogens is 1. The maximum atomic E-state index is 13.5. The molecule has 2 saturated carbocycles. The predicted molar refractivity (Wildman–Crippen MR) is 129 cm³/mol. The lowest BCUT2D eigenvalue weighted by atomic mass is 9.94. The van der Waals surface area contributed by atoms with Crippen molar-refractivity contribution < 1.29 is 14.3 Å². The summed E-state index contributed by atoms with van der Waals surface area (Å²) >= 11 is 0. The van der Waals surface area contributed by atoms with E-state index >= 15 is 0 Å². The molecule has 0 radical (unpaired) electrons. The first-order valence-electron chi connectivity index (χ1n) is 12.3. The van der Waals surface area contributed by atoms with Crippen LogP contribution in [0.1, 0.15) is 57.6 Å². The minimum atomic E-state index is -0.200. The van der Waals surface area contributed by atoms with Crippen LogP contribution in [0.2, 0.25) is 0 Å². The van der Waals surface area contributed by atoms with Crippen molar-refractivity contribution in [3.63, 3.8) is 0 Å². The molecule has 1 heterocycles. The number of amides is 3. The van der Waals surface area contributed by atoms with Crippen LogP contribution in [0.3, 0.4) is 0 Å². The minimum absolute atomic E-state index is 0.0334. The van der Waals surface area contributed by atoms with Crippen LogP contribution in [0.25, 0.3) is 0 Å². The number of hydrogen-bond acceptors (Lipinski definition) is 3. The quantitative estimate of drug-likeness (QED) is 0.595. The molecule has 178 valence electrons. The number of anilines is 1. The molecule has 0 bridgehead atoms. The van der Waals surface area contributed by atoms with Crippen LogP contribution in [0.5, 0.6) is 5.75 Å². The van der Waals surface area contributed by atoms with Crippen molar-refractivity contribution in [3.05, 3.63) is 48.3 Å². The third-order valence-corrected chi connectivity index (χ3v) is 6.69. The molecule has 1 aromatic carbocycles. The van der Waals surface area contributed by atoms with Gasteiger partial charge in [-0.15, -0.1) is 0 Å². The maximum Gasteiger partial charge on any atom is 0.322 e. The lowest BCUT2D eigenvalue weighted by Crippen LogP contribution is -2.50. The van der Waals surface area contributed by atoms with Crippen LogP contribution in [0.4, 0.5) is 10.5 Å². The molecule has 2 aliphatic rings. The van der Waals surface area contributed by atoms with E-state index < -0.39 is 0 Å². The second-order valence-corrected chi connectivity index (χ2v) is 9.17. The van der Waals surface area contributed by atoms with Crippen molar-refractivity contribution in [3.8, 4) is 5.75 Å². The topological polar surface area (TPSA) is 66.8 Å². The van der Waals surface area contributed by atoms with Gasteiger partial charge in [0.2, 0.25) is 5.91 Å². The molecule has 3 amide bonds. The van der Waals surface area contributed by atoms with Crippen LogP contribution in [-0.4, -0.2) is 51.5 Å². The zero-order valence-corrected chi connectivity index (χ0v) is 19.8. The van der Waals surface area contributed by atoms with E-state index in [4.69, 9.17) is 4.74 Å². The second kappa shape index (κ2) is 10.8.